The number of carbonyl (C=O) groups excluding carboxylic acids is 1. The van der Waals surface area contributed by atoms with Crippen molar-refractivity contribution in [3.63, 3.8) is 0 Å². The highest BCUT2D eigenvalue weighted by atomic mass is 16.2. The number of amides is 1. The van der Waals surface area contributed by atoms with E-state index in [1.54, 1.807) is 11.9 Å². The summed E-state index contributed by atoms with van der Waals surface area (Å²) in [5.41, 5.74) is 9.74. The third kappa shape index (κ3) is 3.45. The van der Waals surface area contributed by atoms with Crippen LogP contribution in [-0.2, 0) is 17.8 Å². The number of hydrogen-bond donors (Lipinski definition) is 1. The van der Waals surface area contributed by atoms with Crippen molar-refractivity contribution in [3.8, 4) is 0 Å². The highest BCUT2D eigenvalue weighted by Gasteiger charge is 2.11. The summed E-state index contributed by atoms with van der Waals surface area (Å²) in [6.45, 7) is 2.55. The van der Waals surface area contributed by atoms with Gasteiger partial charge in [-0.05, 0) is 30.2 Å². The van der Waals surface area contributed by atoms with Crippen molar-refractivity contribution in [2.45, 2.75) is 19.9 Å². The average molecular weight is 268 g/mol. The lowest BCUT2D eigenvalue weighted by molar-refractivity contribution is -0.117. The molecule has 2 aromatic carbocycles. The predicted octanol–water partition coefficient (Wildman–Crippen LogP) is 2.66. The molecule has 0 aliphatic heterocycles. The van der Waals surface area contributed by atoms with Gasteiger partial charge in [-0.2, -0.15) is 0 Å². The maximum absolute atomic E-state index is 12.3. The molecule has 2 aromatic rings. The van der Waals surface area contributed by atoms with Crippen LogP contribution in [0.15, 0.2) is 48.5 Å². The summed E-state index contributed by atoms with van der Waals surface area (Å²) in [7, 11) is 1.80. The zero-order valence-electron chi connectivity index (χ0n) is 12.0. The third-order valence-electron chi connectivity index (χ3n) is 3.37. The van der Waals surface area contributed by atoms with Crippen LogP contribution in [0.4, 0.5) is 5.69 Å². The largest absolute Gasteiger partial charge is 0.326 e. The average Bonchev–Trinajstić information content (AvgIpc) is 2.46. The first kappa shape index (κ1) is 14.3. The second-order valence-corrected chi connectivity index (χ2v) is 4.99. The van der Waals surface area contributed by atoms with Crippen molar-refractivity contribution >= 4 is 11.6 Å². The van der Waals surface area contributed by atoms with Gasteiger partial charge in [-0.3, -0.25) is 4.79 Å². The minimum absolute atomic E-state index is 0.0797. The molecule has 104 valence electrons. The number of hydrogen-bond acceptors (Lipinski definition) is 2. The number of rotatable bonds is 4. The second kappa shape index (κ2) is 6.35. The molecule has 0 radical (unpaired) electrons. The molecule has 1 amide bonds. The van der Waals surface area contributed by atoms with Crippen molar-refractivity contribution < 1.29 is 4.79 Å². The fourth-order valence-corrected chi connectivity index (χ4v) is 2.11. The van der Waals surface area contributed by atoms with E-state index < -0.39 is 0 Å². The summed E-state index contributed by atoms with van der Waals surface area (Å²) >= 11 is 0. The summed E-state index contributed by atoms with van der Waals surface area (Å²) in [5.74, 6) is 0.0797. The Kier molecular flexibility index (Phi) is 4.53. The number of anilines is 1. The van der Waals surface area contributed by atoms with Gasteiger partial charge in [-0.25, -0.2) is 0 Å². The molecule has 0 saturated carbocycles. The molecule has 2 rings (SSSR count). The topological polar surface area (TPSA) is 46.3 Å². The van der Waals surface area contributed by atoms with E-state index in [1.807, 2.05) is 55.5 Å². The van der Waals surface area contributed by atoms with Gasteiger partial charge in [0.25, 0.3) is 0 Å². The van der Waals surface area contributed by atoms with E-state index in [-0.39, 0.29) is 5.91 Å². The van der Waals surface area contributed by atoms with E-state index in [0.29, 0.717) is 13.0 Å². The van der Waals surface area contributed by atoms with E-state index >= 15 is 0 Å². The molecule has 3 nitrogen and oxygen atoms in total. The molecule has 0 atom stereocenters. The Balaban J connectivity index is 2.07. The molecule has 2 N–H and O–H groups in total. The van der Waals surface area contributed by atoms with Crippen molar-refractivity contribution in [2.24, 2.45) is 5.73 Å². The molecule has 3 heteroatoms. The fourth-order valence-electron chi connectivity index (χ4n) is 2.11. The molecule has 0 aromatic heterocycles. The van der Waals surface area contributed by atoms with E-state index in [0.717, 1.165) is 16.8 Å². The highest BCUT2D eigenvalue weighted by molar-refractivity contribution is 5.94. The summed E-state index contributed by atoms with van der Waals surface area (Å²) < 4.78 is 0. The maximum Gasteiger partial charge on any atom is 0.231 e. The lowest BCUT2D eigenvalue weighted by atomic mass is 10.1. The summed E-state index contributed by atoms with van der Waals surface area (Å²) in [5, 5.41) is 0. The summed E-state index contributed by atoms with van der Waals surface area (Å²) in [6, 6.07) is 15.8. The van der Waals surface area contributed by atoms with Crippen LogP contribution in [0.1, 0.15) is 16.7 Å². The van der Waals surface area contributed by atoms with Gasteiger partial charge in [0.05, 0.1) is 6.42 Å². The maximum atomic E-state index is 12.3. The Morgan fingerprint density at radius 2 is 1.80 bits per heavy atom. The van der Waals surface area contributed by atoms with E-state index in [9.17, 15) is 4.79 Å². The Morgan fingerprint density at radius 3 is 2.40 bits per heavy atom. The van der Waals surface area contributed by atoms with Crippen LogP contribution in [0.3, 0.4) is 0 Å². The Labute approximate surface area is 120 Å². The molecule has 0 bridgehead atoms. The minimum atomic E-state index is 0.0797. The van der Waals surface area contributed by atoms with Crippen molar-refractivity contribution in [3.05, 3.63) is 65.2 Å². The molecule has 0 unspecified atom stereocenters. The van der Waals surface area contributed by atoms with Crippen LogP contribution in [0, 0.1) is 6.92 Å². The smallest absolute Gasteiger partial charge is 0.231 e. The molecular weight excluding hydrogens is 248 g/mol. The van der Waals surface area contributed by atoms with Gasteiger partial charge in [-0.1, -0.05) is 42.0 Å². The fraction of sp³-hybridized carbons (Fsp3) is 0.235. The second-order valence-electron chi connectivity index (χ2n) is 4.99. The van der Waals surface area contributed by atoms with Crippen molar-refractivity contribution in [1.82, 2.24) is 0 Å². The van der Waals surface area contributed by atoms with Crippen LogP contribution in [0.25, 0.3) is 0 Å². The van der Waals surface area contributed by atoms with Gasteiger partial charge in [-0.15, -0.1) is 0 Å². The van der Waals surface area contributed by atoms with E-state index in [1.165, 1.54) is 5.56 Å². The van der Waals surface area contributed by atoms with E-state index in [2.05, 4.69) is 0 Å². The lowest BCUT2D eigenvalue weighted by Crippen LogP contribution is -2.27. The molecule has 0 heterocycles. The highest BCUT2D eigenvalue weighted by Crippen LogP contribution is 2.15. The van der Waals surface area contributed by atoms with Gasteiger partial charge >= 0.3 is 0 Å². The van der Waals surface area contributed by atoms with Crippen LogP contribution >= 0.6 is 0 Å². The first-order chi connectivity index (χ1) is 9.60. The molecule has 0 spiro atoms. The number of likely N-dealkylation sites (N-methyl/N-ethyl adjacent to an activating group) is 1. The third-order valence-corrected chi connectivity index (χ3v) is 3.37. The van der Waals surface area contributed by atoms with Gasteiger partial charge in [0, 0.05) is 19.3 Å². The Morgan fingerprint density at radius 1 is 1.10 bits per heavy atom. The molecular formula is C17H20N2O. The van der Waals surface area contributed by atoms with Gasteiger partial charge in [0.2, 0.25) is 5.91 Å². The number of nitrogens with two attached hydrogens (primary N) is 1. The number of aryl methyl sites for hydroxylation is 1. The van der Waals surface area contributed by atoms with Gasteiger partial charge < -0.3 is 10.6 Å². The Bertz CT molecular complexity index is 590. The molecule has 0 fully saturated rings. The molecule has 0 aliphatic rings. The monoisotopic (exact) mass is 268 g/mol. The predicted molar refractivity (Wildman–Crippen MR) is 82.6 cm³/mol. The zero-order valence-corrected chi connectivity index (χ0v) is 12.0. The summed E-state index contributed by atoms with van der Waals surface area (Å²) in [4.78, 5) is 14.0. The molecule has 0 aliphatic carbocycles. The normalized spacial score (nSPS) is 10.3. The van der Waals surface area contributed by atoms with Crippen LogP contribution < -0.4 is 10.6 Å². The Hall–Kier alpha value is -2.13. The zero-order chi connectivity index (χ0) is 14.5. The van der Waals surface area contributed by atoms with Crippen LogP contribution in [0.5, 0.6) is 0 Å². The number of carbonyl (C=O) groups is 1. The lowest BCUT2D eigenvalue weighted by Gasteiger charge is -2.18. The number of benzene rings is 2. The standard InChI is InChI=1S/C17H20N2O/c1-13-4-3-5-15(10-13)11-17(20)19(2)16-8-6-14(12-18)7-9-16/h3-10H,11-12,18H2,1-2H3. The quantitative estimate of drug-likeness (QED) is 0.926. The van der Waals surface area contributed by atoms with Crippen LogP contribution in [0.2, 0.25) is 0 Å². The van der Waals surface area contributed by atoms with Crippen molar-refractivity contribution in [1.29, 1.82) is 0 Å². The SMILES string of the molecule is Cc1cccc(CC(=O)N(C)c2ccc(CN)cc2)c1. The van der Waals surface area contributed by atoms with Gasteiger partial charge in [0.15, 0.2) is 0 Å². The van der Waals surface area contributed by atoms with E-state index in [4.69, 9.17) is 5.73 Å². The number of nitrogens with zero attached hydrogens (tertiary/aromatic N) is 1. The molecule has 0 saturated heterocycles. The van der Waals surface area contributed by atoms with Crippen LogP contribution in [-0.4, -0.2) is 13.0 Å². The van der Waals surface area contributed by atoms with Gasteiger partial charge in [0.1, 0.15) is 0 Å². The summed E-state index contributed by atoms with van der Waals surface area (Å²) in [6.07, 6.45) is 0.414. The molecule has 20 heavy (non-hydrogen) atoms. The first-order valence-corrected chi connectivity index (χ1v) is 6.71. The van der Waals surface area contributed by atoms with Crippen molar-refractivity contribution in [2.75, 3.05) is 11.9 Å². The minimum Gasteiger partial charge on any atom is -0.326 e. The first-order valence-electron chi connectivity index (χ1n) is 6.71.